The first kappa shape index (κ1) is 11.4. The molecular formula is C11H11FO3. The number of methoxy groups -OCH3 is 1. The largest absolute Gasteiger partial charge is 0.466 e. The van der Waals surface area contributed by atoms with Gasteiger partial charge in [0.25, 0.3) is 0 Å². The molecule has 1 rings (SSSR count). The SMILES string of the molecule is COC(=O)C=Cc1ccc(CO)cc1F. The quantitative estimate of drug-likeness (QED) is 0.607. The van der Waals surface area contributed by atoms with Gasteiger partial charge in [0.1, 0.15) is 5.82 Å². The Balaban J connectivity index is 2.87. The molecule has 0 aliphatic carbocycles. The maximum Gasteiger partial charge on any atom is 0.330 e. The van der Waals surface area contributed by atoms with Crippen LogP contribution in [0.3, 0.4) is 0 Å². The van der Waals surface area contributed by atoms with E-state index in [1.807, 2.05) is 0 Å². The molecule has 1 N–H and O–H groups in total. The van der Waals surface area contributed by atoms with Gasteiger partial charge in [-0.2, -0.15) is 0 Å². The topological polar surface area (TPSA) is 46.5 Å². The number of ether oxygens (including phenoxy) is 1. The number of carbonyl (C=O) groups excluding carboxylic acids is 1. The molecule has 0 amide bonds. The molecule has 1 aromatic carbocycles. The average Bonchev–Trinajstić information content (AvgIpc) is 2.26. The molecule has 0 aliphatic heterocycles. The van der Waals surface area contributed by atoms with Crippen molar-refractivity contribution in [3.05, 3.63) is 41.2 Å². The predicted octanol–water partition coefficient (Wildman–Crippen LogP) is 1.50. The molecule has 0 radical (unpaired) electrons. The van der Waals surface area contributed by atoms with Crippen LogP contribution in [0.4, 0.5) is 4.39 Å². The van der Waals surface area contributed by atoms with E-state index in [4.69, 9.17) is 5.11 Å². The summed E-state index contributed by atoms with van der Waals surface area (Å²) in [6.45, 7) is -0.210. The number of hydrogen-bond donors (Lipinski definition) is 1. The molecule has 0 bridgehead atoms. The van der Waals surface area contributed by atoms with Crippen LogP contribution in [0.5, 0.6) is 0 Å². The lowest BCUT2D eigenvalue weighted by molar-refractivity contribution is -0.134. The van der Waals surface area contributed by atoms with E-state index in [9.17, 15) is 9.18 Å². The van der Waals surface area contributed by atoms with E-state index in [1.54, 1.807) is 6.07 Å². The second-order valence-corrected chi connectivity index (χ2v) is 2.87. The maximum atomic E-state index is 13.3. The van der Waals surface area contributed by atoms with Gasteiger partial charge >= 0.3 is 5.97 Å². The second-order valence-electron chi connectivity index (χ2n) is 2.87. The molecule has 1 aromatic rings. The summed E-state index contributed by atoms with van der Waals surface area (Å²) in [7, 11) is 1.25. The number of carbonyl (C=O) groups is 1. The third-order valence-corrected chi connectivity index (χ3v) is 1.85. The zero-order valence-electron chi connectivity index (χ0n) is 8.24. The summed E-state index contributed by atoms with van der Waals surface area (Å²) >= 11 is 0. The molecule has 80 valence electrons. The normalized spacial score (nSPS) is 10.6. The Morgan fingerprint density at radius 1 is 1.60 bits per heavy atom. The minimum absolute atomic E-state index is 0.210. The first-order chi connectivity index (χ1) is 7.17. The molecule has 4 heteroatoms. The number of hydrogen-bond acceptors (Lipinski definition) is 3. The van der Waals surface area contributed by atoms with Gasteiger partial charge in [0.2, 0.25) is 0 Å². The van der Waals surface area contributed by atoms with E-state index in [0.717, 1.165) is 6.08 Å². The number of esters is 1. The van der Waals surface area contributed by atoms with Crippen molar-refractivity contribution in [3.8, 4) is 0 Å². The fourth-order valence-corrected chi connectivity index (χ4v) is 1.03. The third kappa shape index (κ3) is 3.18. The van der Waals surface area contributed by atoms with Gasteiger partial charge in [-0.25, -0.2) is 9.18 Å². The van der Waals surface area contributed by atoms with Crippen molar-refractivity contribution in [1.82, 2.24) is 0 Å². The molecule has 0 atom stereocenters. The van der Waals surface area contributed by atoms with Crippen LogP contribution >= 0.6 is 0 Å². The van der Waals surface area contributed by atoms with Crippen molar-refractivity contribution < 1.29 is 19.0 Å². The van der Waals surface area contributed by atoms with Crippen LogP contribution in [-0.2, 0) is 16.1 Å². The Morgan fingerprint density at radius 3 is 2.87 bits per heavy atom. The van der Waals surface area contributed by atoms with Crippen molar-refractivity contribution in [2.45, 2.75) is 6.61 Å². The molecule has 15 heavy (non-hydrogen) atoms. The van der Waals surface area contributed by atoms with E-state index in [2.05, 4.69) is 4.74 Å². The minimum Gasteiger partial charge on any atom is -0.466 e. The first-order valence-corrected chi connectivity index (χ1v) is 4.32. The highest BCUT2D eigenvalue weighted by molar-refractivity contribution is 5.86. The van der Waals surface area contributed by atoms with Gasteiger partial charge in [0.15, 0.2) is 0 Å². The van der Waals surface area contributed by atoms with E-state index in [1.165, 1.54) is 25.3 Å². The van der Waals surface area contributed by atoms with E-state index in [0.29, 0.717) is 5.56 Å². The monoisotopic (exact) mass is 210 g/mol. The van der Waals surface area contributed by atoms with Gasteiger partial charge < -0.3 is 9.84 Å². The highest BCUT2D eigenvalue weighted by Gasteiger charge is 2.00. The summed E-state index contributed by atoms with van der Waals surface area (Å²) in [5.41, 5.74) is 0.764. The Kier molecular flexibility index (Phi) is 4.00. The standard InChI is InChI=1S/C11H11FO3/c1-15-11(14)5-4-9-3-2-8(7-13)6-10(9)12/h2-6,13H,7H2,1H3. The lowest BCUT2D eigenvalue weighted by Gasteiger charge is -1.99. The van der Waals surface area contributed by atoms with Crippen LogP contribution in [0.15, 0.2) is 24.3 Å². The van der Waals surface area contributed by atoms with Crippen LogP contribution in [0, 0.1) is 5.82 Å². The number of aliphatic hydroxyl groups excluding tert-OH is 1. The Morgan fingerprint density at radius 2 is 2.33 bits per heavy atom. The molecule has 3 nitrogen and oxygen atoms in total. The first-order valence-electron chi connectivity index (χ1n) is 4.32. The lowest BCUT2D eigenvalue weighted by Crippen LogP contribution is -1.94. The zero-order chi connectivity index (χ0) is 11.3. The zero-order valence-corrected chi connectivity index (χ0v) is 8.24. The number of rotatable bonds is 3. The highest BCUT2D eigenvalue weighted by atomic mass is 19.1. The van der Waals surface area contributed by atoms with Gasteiger partial charge in [-0.3, -0.25) is 0 Å². The minimum atomic E-state index is -0.541. The highest BCUT2D eigenvalue weighted by Crippen LogP contribution is 2.12. The van der Waals surface area contributed by atoms with Gasteiger partial charge in [-0.1, -0.05) is 12.1 Å². The molecule has 0 fully saturated rings. The number of benzene rings is 1. The molecule has 0 unspecified atom stereocenters. The molecule has 0 aliphatic rings. The van der Waals surface area contributed by atoms with Crippen LogP contribution in [0.25, 0.3) is 6.08 Å². The van der Waals surface area contributed by atoms with Gasteiger partial charge in [-0.05, 0) is 17.7 Å². The Labute approximate surface area is 86.8 Å². The molecule has 0 aromatic heterocycles. The maximum absolute atomic E-state index is 13.3. The molecule has 0 saturated heterocycles. The van der Waals surface area contributed by atoms with Crippen molar-refractivity contribution in [2.75, 3.05) is 7.11 Å². The lowest BCUT2D eigenvalue weighted by atomic mass is 10.1. The summed E-state index contributed by atoms with van der Waals surface area (Å²) in [5, 5.41) is 8.75. The van der Waals surface area contributed by atoms with Crippen molar-refractivity contribution in [2.24, 2.45) is 0 Å². The fraction of sp³-hybridized carbons (Fsp3) is 0.182. The molecule has 0 heterocycles. The van der Waals surface area contributed by atoms with E-state index >= 15 is 0 Å². The summed E-state index contributed by atoms with van der Waals surface area (Å²) in [6, 6.07) is 4.29. The van der Waals surface area contributed by atoms with Crippen LogP contribution in [0.2, 0.25) is 0 Å². The Bertz CT molecular complexity index is 385. The predicted molar refractivity (Wildman–Crippen MR) is 53.4 cm³/mol. The van der Waals surface area contributed by atoms with Crippen molar-refractivity contribution in [1.29, 1.82) is 0 Å². The fourth-order valence-electron chi connectivity index (χ4n) is 1.03. The summed E-state index contributed by atoms with van der Waals surface area (Å²) in [5.74, 6) is -1.03. The van der Waals surface area contributed by atoms with Crippen LogP contribution in [0.1, 0.15) is 11.1 Å². The number of halogens is 1. The van der Waals surface area contributed by atoms with Crippen LogP contribution < -0.4 is 0 Å². The third-order valence-electron chi connectivity index (χ3n) is 1.85. The average molecular weight is 210 g/mol. The molecule has 0 saturated carbocycles. The van der Waals surface area contributed by atoms with Gasteiger partial charge in [0, 0.05) is 11.6 Å². The van der Waals surface area contributed by atoms with Crippen molar-refractivity contribution in [3.63, 3.8) is 0 Å². The molecular weight excluding hydrogens is 199 g/mol. The summed E-state index contributed by atoms with van der Waals surface area (Å²) in [4.78, 5) is 10.7. The van der Waals surface area contributed by atoms with E-state index < -0.39 is 11.8 Å². The smallest absolute Gasteiger partial charge is 0.330 e. The summed E-state index contributed by atoms with van der Waals surface area (Å²) in [6.07, 6.45) is 2.46. The summed E-state index contributed by atoms with van der Waals surface area (Å²) < 4.78 is 17.6. The van der Waals surface area contributed by atoms with Crippen molar-refractivity contribution >= 4 is 12.0 Å². The second kappa shape index (κ2) is 5.26. The van der Waals surface area contributed by atoms with Gasteiger partial charge in [-0.15, -0.1) is 0 Å². The van der Waals surface area contributed by atoms with Crippen LogP contribution in [-0.4, -0.2) is 18.2 Å². The molecule has 0 spiro atoms. The number of aliphatic hydroxyl groups is 1. The Hall–Kier alpha value is -1.68. The van der Waals surface area contributed by atoms with Gasteiger partial charge in [0.05, 0.1) is 13.7 Å². The van der Waals surface area contributed by atoms with E-state index in [-0.39, 0.29) is 12.2 Å².